The van der Waals surface area contributed by atoms with Gasteiger partial charge in [0.25, 0.3) is 0 Å². The highest BCUT2D eigenvalue weighted by atomic mass is 35.5. The van der Waals surface area contributed by atoms with Gasteiger partial charge in [-0.05, 0) is 37.0 Å². The van der Waals surface area contributed by atoms with E-state index in [9.17, 15) is 13.9 Å². The molecule has 0 saturated heterocycles. The van der Waals surface area contributed by atoms with E-state index >= 15 is 0 Å². The molecule has 2 aromatic heterocycles. The van der Waals surface area contributed by atoms with Gasteiger partial charge in [-0.2, -0.15) is 0 Å². The van der Waals surface area contributed by atoms with Gasteiger partial charge in [-0.1, -0.05) is 19.8 Å². The Morgan fingerprint density at radius 2 is 1.86 bits per heavy atom. The summed E-state index contributed by atoms with van der Waals surface area (Å²) in [6.45, 7) is 3.66. The molecule has 3 N–H and O–H groups in total. The van der Waals surface area contributed by atoms with E-state index in [0.29, 0.717) is 18.5 Å². The lowest BCUT2D eigenvalue weighted by atomic mass is 9.98. The van der Waals surface area contributed by atoms with E-state index in [1.807, 2.05) is 13.8 Å². The quantitative estimate of drug-likeness (QED) is 0.651. The molecule has 6 nitrogen and oxygen atoms in total. The summed E-state index contributed by atoms with van der Waals surface area (Å²) in [6.07, 6.45) is 0.922. The van der Waals surface area contributed by atoms with Gasteiger partial charge >= 0.3 is 0 Å². The monoisotopic (exact) mass is 407 g/mol. The number of fused-ring (bicyclic) bond motifs is 1. The molecule has 0 amide bonds. The van der Waals surface area contributed by atoms with Crippen LogP contribution >= 0.6 is 12.4 Å². The predicted molar refractivity (Wildman–Crippen MR) is 106 cm³/mol. The van der Waals surface area contributed by atoms with Crippen molar-refractivity contribution >= 4 is 29.4 Å². The van der Waals surface area contributed by atoms with Crippen molar-refractivity contribution in [1.82, 2.24) is 19.5 Å². The first-order chi connectivity index (χ1) is 12.8. The van der Waals surface area contributed by atoms with Crippen molar-refractivity contribution in [2.24, 2.45) is 7.05 Å². The van der Waals surface area contributed by atoms with Gasteiger partial charge in [-0.25, -0.2) is 23.7 Å². The highest BCUT2D eigenvalue weighted by Crippen LogP contribution is 2.27. The number of aliphatic hydroxyl groups is 1. The number of nitrogen functional groups attached to an aromatic ring is 1. The Labute approximate surface area is 167 Å². The molecule has 2 heterocycles. The molecule has 0 bridgehead atoms. The van der Waals surface area contributed by atoms with Crippen molar-refractivity contribution in [2.45, 2.75) is 32.3 Å². The predicted octanol–water partition coefficient (Wildman–Crippen LogP) is 3.22. The van der Waals surface area contributed by atoms with Crippen LogP contribution < -0.4 is 5.73 Å². The van der Waals surface area contributed by atoms with E-state index in [2.05, 4.69) is 26.8 Å². The second kappa shape index (κ2) is 8.09. The molecular weight excluding hydrogens is 388 g/mol. The number of anilines is 1. The third-order valence-electron chi connectivity index (χ3n) is 4.49. The highest BCUT2D eigenvalue weighted by Gasteiger charge is 2.20. The van der Waals surface area contributed by atoms with Crippen molar-refractivity contribution in [3.63, 3.8) is 0 Å². The fourth-order valence-electron chi connectivity index (χ4n) is 2.65. The van der Waals surface area contributed by atoms with Gasteiger partial charge < -0.3 is 15.4 Å². The number of benzene rings is 1. The van der Waals surface area contributed by atoms with E-state index in [0.717, 1.165) is 18.2 Å². The van der Waals surface area contributed by atoms with Gasteiger partial charge in [-0.3, -0.25) is 0 Å². The van der Waals surface area contributed by atoms with Crippen molar-refractivity contribution in [3.8, 4) is 23.2 Å². The van der Waals surface area contributed by atoms with Crippen LogP contribution in [-0.4, -0.2) is 30.2 Å². The number of nitrogens with two attached hydrogens (primary N) is 1. The molecule has 9 heteroatoms. The van der Waals surface area contributed by atoms with Gasteiger partial charge in [0.15, 0.2) is 17.0 Å². The van der Waals surface area contributed by atoms with Gasteiger partial charge in [0.1, 0.15) is 23.1 Å². The van der Waals surface area contributed by atoms with Crippen LogP contribution in [0.3, 0.4) is 0 Å². The molecule has 1 aromatic carbocycles. The van der Waals surface area contributed by atoms with Crippen LogP contribution in [0.2, 0.25) is 0 Å². The summed E-state index contributed by atoms with van der Waals surface area (Å²) in [5.41, 5.74) is 5.43. The molecule has 28 heavy (non-hydrogen) atoms. The van der Waals surface area contributed by atoms with E-state index in [1.54, 1.807) is 7.05 Å². The van der Waals surface area contributed by atoms with E-state index in [-0.39, 0.29) is 41.0 Å². The zero-order valence-corrected chi connectivity index (χ0v) is 16.4. The van der Waals surface area contributed by atoms with Gasteiger partial charge in [0.05, 0.1) is 5.56 Å². The molecule has 0 atom stereocenters. The first-order valence-corrected chi connectivity index (χ1v) is 8.49. The number of nitrogens with zero attached hydrogens (tertiary/aromatic N) is 4. The van der Waals surface area contributed by atoms with E-state index < -0.39 is 17.2 Å². The highest BCUT2D eigenvalue weighted by molar-refractivity contribution is 5.86. The van der Waals surface area contributed by atoms with Crippen LogP contribution in [0.5, 0.6) is 0 Å². The molecule has 0 fully saturated rings. The Morgan fingerprint density at radius 1 is 1.18 bits per heavy atom. The second-order valence-corrected chi connectivity index (χ2v) is 6.21. The third-order valence-corrected chi connectivity index (χ3v) is 4.49. The SMILES string of the molecule is CCC(O)(C#Cc1nc(N)c2nc(-c3cc(F)ccc3F)n(C)c2n1)CC.Cl. The Morgan fingerprint density at radius 3 is 2.50 bits per heavy atom. The minimum absolute atomic E-state index is 0. The third kappa shape index (κ3) is 3.91. The Balaban J connectivity index is 0.00000280. The van der Waals surface area contributed by atoms with Crippen LogP contribution in [0.1, 0.15) is 32.5 Å². The first kappa shape index (κ1) is 21.5. The summed E-state index contributed by atoms with van der Waals surface area (Å²) in [6, 6.07) is 3.13. The van der Waals surface area contributed by atoms with Gasteiger partial charge in [-0.15, -0.1) is 12.4 Å². The summed E-state index contributed by atoms with van der Waals surface area (Å²) in [5, 5.41) is 10.3. The minimum Gasteiger partial charge on any atom is -0.382 e. The largest absolute Gasteiger partial charge is 0.382 e. The number of imidazole rings is 1. The molecule has 0 saturated carbocycles. The minimum atomic E-state index is -1.13. The topological polar surface area (TPSA) is 89.9 Å². The fourth-order valence-corrected chi connectivity index (χ4v) is 2.65. The maximum absolute atomic E-state index is 14.1. The average molecular weight is 408 g/mol. The Bertz CT molecular complexity index is 1080. The molecule has 0 aliphatic carbocycles. The van der Waals surface area contributed by atoms with Crippen molar-refractivity contribution in [1.29, 1.82) is 0 Å². The lowest BCUT2D eigenvalue weighted by Crippen LogP contribution is -2.23. The molecule has 0 unspecified atom stereocenters. The number of rotatable bonds is 3. The average Bonchev–Trinajstić information content (AvgIpc) is 2.99. The van der Waals surface area contributed by atoms with E-state index in [1.165, 1.54) is 4.57 Å². The number of aromatic nitrogens is 4. The smallest absolute Gasteiger partial charge is 0.209 e. The zero-order valence-electron chi connectivity index (χ0n) is 15.6. The molecule has 148 valence electrons. The van der Waals surface area contributed by atoms with Crippen LogP contribution in [-0.2, 0) is 7.05 Å². The molecule has 3 rings (SSSR count). The lowest BCUT2D eigenvalue weighted by molar-refractivity contribution is 0.0931. The molecule has 0 aliphatic rings. The van der Waals surface area contributed by atoms with Crippen LogP contribution in [0.4, 0.5) is 14.6 Å². The van der Waals surface area contributed by atoms with Gasteiger partial charge in [0, 0.05) is 7.05 Å². The van der Waals surface area contributed by atoms with Crippen molar-refractivity contribution in [2.75, 3.05) is 5.73 Å². The summed E-state index contributed by atoms with van der Waals surface area (Å²) < 4.78 is 29.2. The van der Waals surface area contributed by atoms with E-state index in [4.69, 9.17) is 5.73 Å². The summed E-state index contributed by atoms with van der Waals surface area (Å²) >= 11 is 0. The first-order valence-electron chi connectivity index (χ1n) is 8.49. The molecule has 0 radical (unpaired) electrons. The number of hydrogen-bond donors (Lipinski definition) is 2. The lowest BCUT2D eigenvalue weighted by Gasteiger charge is -2.16. The molecular formula is C19H20ClF2N5O. The van der Waals surface area contributed by atoms with Crippen molar-refractivity contribution in [3.05, 3.63) is 35.7 Å². The van der Waals surface area contributed by atoms with Crippen LogP contribution in [0, 0.1) is 23.5 Å². The second-order valence-electron chi connectivity index (χ2n) is 6.21. The van der Waals surface area contributed by atoms with Gasteiger partial charge in [0.2, 0.25) is 5.82 Å². The van der Waals surface area contributed by atoms with Crippen LogP contribution in [0.15, 0.2) is 18.2 Å². The molecule has 0 aliphatic heterocycles. The standard InChI is InChI=1S/C19H19F2N5O.ClH/c1-4-19(27,5-2)9-8-14-23-16(22)15-18(24-14)26(3)17(25-15)12-10-11(20)6-7-13(12)21;/h6-7,10,27H,4-5H2,1-3H3,(H2,22,23,24);1H. The Hall–Kier alpha value is -2.76. The maximum atomic E-state index is 14.1. The Kier molecular flexibility index (Phi) is 6.22. The number of aryl methyl sites for hydroxylation is 1. The molecule has 0 spiro atoms. The number of halogens is 3. The van der Waals surface area contributed by atoms with Crippen molar-refractivity contribution < 1.29 is 13.9 Å². The maximum Gasteiger partial charge on any atom is 0.209 e. The fraction of sp³-hybridized carbons (Fsp3) is 0.316. The summed E-state index contributed by atoms with van der Waals surface area (Å²) in [4.78, 5) is 12.7. The van der Waals surface area contributed by atoms with Crippen LogP contribution in [0.25, 0.3) is 22.6 Å². The normalized spacial score (nSPS) is 11.1. The zero-order chi connectivity index (χ0) is 19.8. The number of hydrogen-bond acceptors (Lipinski definition) is 5. The summed E-state index contributed by atoms with van der Waals surface area (Å²) in [5.74, 6) is 4.67. The molecule has 3 aromatic rings. The summed E-state index contributed by atoms with van der Waals surface area (Å²) in [7, 11) is 1.62.